The molecule has 2 nitrogen and oxygen atoms in total. The highest BCUT2D eigenvalue weighted by molar-refractivity contribution is 7.98. The average Bonchev–Trinajstić information content (AvgIpc) is 3.15. The van der Waals surface area contributed by atoms with Gasteiger partial charge in [-0.1, -0.05) is 24.3 Å². The lowest BCUT2D eigenvalue weighted by Gasteiger charge is -2.20. The molecule has 1 aromatic heterocycles. The van der Waals surface area contributed by atoms with Crippen LogP contribution in [0.5, 0.6) is 0 Å². The van der Waals surface area contributed by atoms with Crippen molar-refractivity contribution in [2.45, 2.75) is 24.7 Å². The molecule has 1 saturated heterocycles. The minimum Gasteiger partial charge on any atom is -0.371 e. The number of pyridine rings is 1. The van der Waals surface area contributed by atoms with Crippen molar-refractivity contribution in [1.82, 2.24) is 4.98 Å². The topological polar surface area (TPSA) is 16.1 Å². The summed E-state index contributed by atoms with van der Waals surface area (Å²) in [5, 5.41) is 1.27. The van der Waals surface area contributed by atoms with Crippen LogP contribution < -0.4 is 4.90 Å². The molecule has 3 heteroatoms. The van der Waals surface area contributed by atoms with E-state index in [4.69, 9.17) is 4.98 Å². The number of fused-ring (bicyclic) bond motifs is 1. The Morgan fingerprint density at radius 2 is 1.62 bits per heavy atom. The van der Waals surface area contributed by atoms with E-state index < -0.39 is 0 Å². The Labute approximate surface area is 147 Å². The summed E-state index contributed by atoms with van der Waals surface area (Å²) >= 11 is 1.78. The second-order valence-corrected chi connectivity index (χ2v) is 7.32. The van der Waals surface area contributed by atoms with Gasteiger partial charge < -0.3 is 4.90 Å². The van der Waals surface area contributed by atoms with E-state index in [2.05, 4.69) is 66.6 Å². The monoisotopic (exact) mass is 334 g/mol. The summed E-state index contributed by atoms with van der Waals surface area (Å²) in [6, 6.07) is 17.7. The number of anilines is 1. The van der Waals surface area contributed by atoms with Gasteiger partial charge in [0.1, 0.15) is 0 Å². The van der Waals surface area contributed by atoms with Crippen molar-refractivity contribution in [1.29, 1.82) is 0 Å². The molecule has 3 aromatic rings. The minimum absolute atomic E-state index is 1.10. The molecule has 4 rings (SSSR count). The Bertz CT molecular complexity index is 865. The van der Waals surface area contributed by atoms with Crippen LogP contribution in [0.25, 0.3) is 22.0 Å². The van der Waals surface area contributed by atoms with Gasteiger partial charge >= 0.3 is 0 Å². The number of aryl methyl sites for hydroxylation is 1. The van der Waals surface area contributed by atoms with Crippen LogP contribution in [0.4, 0.5) is 5.69 Å². The van der Waals surface area contributed by atoms with Gasteiger partial charge in [0.2, 0.25) is 0 Å². The quantitative estimate of drug-likeness (QED) is 0.586. The standard InChI is InChI=1S/C21H22N2S/c1-15-13-21(23-11-3-4-12-23)19-10-7-17(14-20(19)22-15)16-5-8-18(24-2)9-6-16/h5-10,13-14H,3-4,11-12H2,1-2H3. The molecule has 0 unspecified atom stereocenters. The summed E-state index contributed by atoms with van der Waals surface area (Å²) in [6.45, 7) is 4.42. The van der Waals surface area contributed by atoms with E-state index in [-0.39, 0.29) is 0 Å². The van der Waals surface area contributed by atoms with Crippen LogP contribution in [0.2, 0.25) is 0 Å². The summed E-state index contributed by atoms with van der Waals surface area (Å²) in [5.74, 6) is 0. The average molecular weight is 334 g/mol. The minimum atomic E-state index is 1.10. The van der Waals surface area contributed by atoms with Crippen molar-refractivity contribution in [3.8, 4) is 11.1 Å². The molecular weight excluding hydrogens is 312 g/mol. The normalized spacial score (nSPS) is 14.5. The van der Waals surface area contributed by atoms with Crippen molar-refractivity contribution < 1.29 is 0 Å². The third-order valence-corrected chi connectivity index (χ3v) is 5.53. The number of hydrogen-bond donors (Lipinski definition) is 0. The lowest BCUT2D eigenvalue weighted by atomic mass is 10.0. The molecule has 0 spiro atoms. The number of rotatable bonds is 3. The first-order valence-electron chi connectivity index (χ1n) is 8.55. The lowest BCUT2D eigenvalue weighted by Crippen LogP contribution is -2.18. The maximum atomic E-state index is 4.80. The Morgan fingerprint density at radius 3 is 2.33 bits per heavy atom. The molecular formula is C21H22N2S. The first-order chi connectivity index (χ1) is 11.7. The molecule has 0 atom stereocenters. The van der Waals surface area contributed by atoms with Crippen molar-refractivity contribution in [3.05, 3.63) is 54.2 Å². The van der Waals surface area contributed by atoms with Gasteiger partial charge in [0.25, 0.3) is 0 Å². The molecule has 0 aliphatic carbocycles. The van der Waals surface area contributed by atoms with Crippen LogP contribution in [-0.4, -0.2) is 24.3 Å². The lowest BCUT2D eigenvalue weighted by molar-refractivity contribution is 0.949. The molecule has 1 fully saturated rings. The molecule has 122 valence electrons. The number of hydrogen-bond acceptors (Lipinski definition) is 3. The largest absolute Gasteiger partial charge is 0.371 e. The molecule has 0 N–H and O–H groups in total. The van der Waals surface area contributed by atoms with Crippen LogP contribution >= 0.6 is 11.8 Å². The van der Waals surface area contributed by atoms with Crippen LogP contribution in [-0.2, 0) is 0 Å². The van der Waals surface area contributed by atoms with Crippen molar-refractivity contribution in [3.63, 3.8) is 0 Å². The first-order valence-corrected chi connectivity index (χ1v) is 9.78. The van der Waals surface area contributed by atoms with E-state index >= 15 is 0 Å². The van der Waals surface area contributed by atoms with Gasteiger partial charge in [-0.05, 0) is 61.4 Å². The Kier molecular flexibility index (Phi) is 4.19. The molecule has 0 radical (unpaired) electrons. The molecule has 0 amide bonds. The highest BCUT2D eigenvalue weighted by Gasteiger charge is 2.16. The zero-order chi connectivity index (χ0) is 16.5. The number of thioether (sulfide) groups is 1. The second kappa shape index (κ2) is 6.48. The zero-order valence-corrected chi connectivity index (χ0v) is 15.1. The molecule has 0 saturated carbocycles. The van der Waals surface area contributed by atoms with E-state index in [1.807, 2.05) is 0 Å². The summed E-state index contributed by atoms with van der Waals surface area (Å²) in [6.07, 6.45) is 4.70. The highest BCUT2D eigenvalue weighted by Crippen LogP contribution is 2.32. The maximum Gasteiger partial charge on any atom is 0.0732 e. The molecule has 2 aromatic carbocycles. The third-order valence-electron chi connectivity index (χ3n) is 4.79. The van der Waals surface area contributed by atoms with Crippen LogP contribution in [0.15, 0.2) is 53.4 Å². The predicted octanol–water partition coefficient (Wildman–Crippen LogP) is 5.53. The third kappa shape index (κ3) is 2.89. The van der Waals surface area contributed by atoms with E-state index in [0.717, 1.165) is 24.3 Å². The SMILES string of the molecule is CSc1ccc(-c2ccc3c(N4CCCC4)cc(C)nc3c2)cc1. The van der Waals surface area contributed by atoms with E-state index in [1.165, 1.54) is 39.9 Å². The van der Waals surface area contributed by atoms with Gasteiger partial charge in [-0.2, -0.15) is 0 Å². The van der Waals surface area contributed by atoms with Gasteiger partial charge in [-0.3, -0.25) is 4.98 Å². The van der Waals surface area contributed by atoms with Crippen molar-refractivity contribution in [2.24, 2.45) is 0 Å². The summed E-state index contributed by atoms with van der Waals surface area (Å²) < 4.78 is 0. The van der Waals surface area contributed by atoms with Gasteiger partial charge in [0, 0.05) is 34.8 Å². The molecule has 1 aliphatic heterocycles. The summed E-state index contributed by atoms with van der Waals surface area (Å²) in [7, 11) is 0. The Morgan fingerprint density at radius 1 is 0.917 bits per heavy atom. The number of nitrogens with zero attached hydrogens (tertiary/aromatic N) is 2. The maximum absolute atomic E-state index is 4.80. The smallest absolute Gasteiger partial charge is 0.0732 e. The van der Waals surface area contributed by atoms with Crippen LogP contribution in [0.1, 0.15) is 18.5 Å². The zero-order valence-electron chi connectivity index (χ0n) is 14.2. The fourth-order valence-corrected chi connectivity index (χ4v) is 3.93. The fraction of sp³-hybridized carbons (Fsp3) is 0.286. The van der Waals surface area contributed by atoms with E-state index in [9.17, 15) is 0 Å². The van der Waals surface area contributed by atoms with Gasteiger partial charge in [0.15, 0.2) is 0 Å². The highest BCUT2D eigenvalue weighted by atomic mass is 32.2. The summed E-state index contributed by atoms with van der Waals surface area (Å²) in [5.41, 5.74) is 6.03. The van der Waals surface area contributed by atoms with Gasteiger partial charge in [-0.25, -0.2) is 0 Å². The molecule has 0 bridgehead atoms. The fourth-order valence-electron chi connectivity index (χ4n) is 3.52. The predicted molar refractivity (Wildman–Crippen MR) is 105 cm³/mol. The van der Waals surface area contributed by atoms with Crippen LogP contribution in [0.3, 0.4) is 0 Å². The van der Waals surface area contributed by atoms with E-state index in [1.54, 1.807) is 11.8 Å². The second-order valence-electron chi connectivity index (χ2n) is 6.44. The first kappa shape index (κ1) is 15.5. The van der Waals surface area contributed by atoms with Crippen molar-refractivity contribution >= 4 is 28.4 Å². The molecule has 1 aliphatic rings. The van der Waals surface area contributed by atoms with Crippen LogP contribution in [0, 0.1) is 6.92 Å². The summed E-state index contributed by atoms with van der Waals surface area (Å²) in [4.78, 5) is 8.60. The molecule has 2 heterocycles. The Balaban J connectivity index is 1.79. The number of aromatic nitrogens is 1. The Hall–Kier alpha value is -2.00. The van der Waals surface area contributed by atoms with Gasteiger partial charge in [-0.15, -0.1) is 11.8 Å². The van der Waals surface area contributed by atoms with Crippen molar-refractivity contribution in [2.75, 3.05) is 24.2 Å². The molecule has 24 heavy (non-hydrogen) atoms. The number of benzene rings is 2. The van der Waals surface area contributed by atoms with E-state index in [0.29, 0.717) is 0 Å². The van der Waals surface area contributed by atoms with Gasteiger partial charge in [0.05, 0.1) is 5.52 Å².